The fraction of sp³-hybridized carbons (Fsp3) is 0.750. The van der Waals surface area contributed by atoms with Crippen molar-refractivity contribution in [3.63, 3.8) is 0 Å². The number of thiazole rings is 1. The monoisotopic (exact) mass is 255 g/mol. The summed E-state index contributed by atoms with van der Waals surface area (Å²) in [5, 5.41) is 0.749. The summed E-state index contributed by atoms with van der Waals surface area (Å²) in [5.41, 5.74) is 2.56. The number of aromatic nitrogens is 1. The maximum Gasteiger partial charge on any atom is 0.197 e. The topological polar surface area (TPSA) is 60.2 Å². The Kier molecular flexibility index (Phi) is 4.76. The average Bonchev–Trinajstić information content (AvgIpc) is 2.84. The van der Waals surface area contributed by atoms with Crippen molar-refractivity contribution in [1.82, 2.24) is 4.98 Å². The number of anilines is 1. The highest BCUT2D eigenvalue weighted by Gasteiger charge is 2.24. The van der Waals surface area contributed by atoms with Crippen LogP contribution in [0, 0.1) is 5.92 Å². The standard InChI is InChI=1S/C12H21N3OS/c1-2-9-5-3-4-6-11(9)16-8-10-7-14-12(15-13)17-10/h7,9,11H,2-6,8,13H2,1H3,(H,14,15). The first-order valence-corrected chi connectivity index (χ1v) is 7.18. The van der Waals surface area contributed by atoms with Crippen LogP contribution in [0.4, 0.5) is 5.13 Å². The summed E-state index contributed by atoms with van der Waals surface area (Å²) in [4.78, 5) is 5.28. The Labute approximate surface area is 107 Å². The molecule has 0 amide bonds. The highest BCUT2D eigenvalue weighted by atomic mass is 32.1. The molecular formula is C12H21N3OS. The summed E-state index contributed by atoms with van der Waals surface area (Å²) in [6.07, 6.45) is 8.69. The SMILES string of the molecule is CCC1CCCCC1OCc1cnc(NN)s1. The summed E-state index contributed by atoms with van der Waals surface area (Å²) in [6, 6.07) is 0. The van der Waals surface area contributed by atoms with Crippen molar-refractivity contribution in [1.29, 1.82) is 0 Å². The van der Waals surface area contributed by atoms with Gasteiger partial charge in [0.1, 0.15) is 0 Å². The van der Waals surface area contributed by atoms with Crippen molar-refractivity contribution >= 4 is 16.5 Å². The molecule has 1 aromatic rings. The second-order valence-electron chi connectivity index (χ2n) is 4.58. The molecule has 17 heavy (non-hydrogen) atoms. The van der Waals surface area contributed by atoms with E-state index in [0.29, 0.717) is 12.7 Å². The van der Waals surface area contributed by atoms with Crippen LogP contribution in [0.5, 0.6) is 0 Å². The number of rotatable bonds is 5. The maximum atomic E-state index is 6.03. The highest BCUT2D eigenvalue weighted by Crippen LogP contribution is 2.30. The van der Waals surface area contributed by atoms with Gasteiger partial charge in [-0.1, -0.05) is 37.5 Å². The molecular weight excluding hydrogens is 234 g/mol. The van der Waals surface area contributed by atoms with Crippen molar-refractivity contribution in [2.24, 2.45) is 11.8 Å². The van der Waals surface area contributed by atoms with Crippen LogP contribution in [0.1, 0.15) is 43.9 Å². The van der Waals surface area contributed by atoms with Gasteiger partial charge in [0.25, 0.3) is 0 Å². The summed E-state index contributed by atoms with van der Waals surface area (Å²) >= 11 is 1.56. The Morgan fingerprint density at radius 1 is 1.53 bits per heavy atom. The van der Waals surface area contributed by atoms with Gasteiger partial charge in [-0.25, -0.2) is 10.8 Å². The van der Waals surface area contributed by atoms with Crippen LogP contribution >= 0.6 is 11.3 Å². The van der Waals surface area contributed by atoms with Crippen molar-refractivity contribution in [2.75, 3.05) is 5.43 Å². The molecule has 2 rings (SSSR count). The lowest BCUT2D eigenvalue weighted by Gasteiger charge is -2.30. The molecule has 1 aliphatic rings. The van der Waals surface area contributed by atoms with Crippen molar-refractivity contribution in [3.05, 3.63) is 11.1 Å². The molecule has 2 unspecified atom stereocenters. The second kappa shape index (κ2) is 6.33. The lowest BCUT2D eigenvalue weighted by atomic mass is 9.85. The zero-order valence-electron chi connectivity index (χ0n) is 10.3. The number of nitrogens with one attached hydrogen (secondary N) is 1. The third kappa shape index (κ3) is 3.40. The zero-order chi connectivity index (χ0) is 12.1. The molecule has 0 aliphatic heterocycles. The molecule has 5 heteroatoms. The molecule has 96 valence electrons. The van der Waals surface area contributed by atoms with Gasteiger partial charge in [0.15, 0.2) is 5.13 Å². The van der Waals surface area contributed by atoms with Crippen LogP contribution in [-0.2, 0) is 11.3 Å². The predicted octanol–water partition coefficient (Wildman–Crippen LogP) is 2.91. The Balaban J connectivity index is 1.83. The first kappa shape index (κ1) is 12.8. The molecule has 0 bridgehead atoms. The van der Waals surface area contributed by atoms with Crippen molar-refractivity contribution in [3.8, 4) is 0 Å². The molecule has 2 atom stereocenters. The lowest BCUT2D eigenvalue weighted by molar-refractivity contribution is -0.0211. The van der Waals surface area contributed by atoms with Crippen molar-refractivity contribution in [2.45, 2.75) is 51.7 Å². The summed E-state index contributed by atoms with van der Waals surface area (Å²) in [5.74, 6) is 6.04. The second-order valence-corrected chi connectivity index (χ2v) is 5.69. The van der Waals surface area contributed by atoms with Crippen LogP contribution in [0.15, 0.2) is 6.20 Å². The minimum atomic E-state index is 0.435. The zero-order valence-corrected chi connectivity index (χ0v) is 11.1. The molecule has 1 fully saturated rings. The number of ether oxygens (including phenoxy) is 1. The molecule has 1 saturated carbocycles. The Hall–Kier alpha value is -0.650. The van der Waals surface area contributed by atoms with E-state index in [2.05, 4.69) is 17.3 Å². The van der Waals surface area contributed by atoms with E-state index in [1.165, 1.54) is 32.1 Å². The number of nitrogens with two attached hydrogens (primary N) is 1. The molecule has 0 saturated heterocycles. The smallest absolute Gasteiger partial charge is 0.197 e. The first-order valence-electron chi connectivity index (χ1n) is 6.36. The van der Waals surface area contributed by atoms with Gasteiger partial charge in [0.05, 0.1) is 17.6 Å². The number of hydrazine groups is 1. The van der Waals surface area contributed by atoms with Gasteiger partial charge in [-0.2, -0.15) is 0 Å². The van der Waals surface area contributed by atoms with E-state index >= 15 is 0 Å². The molecule has 0 aromatic carbocycles. The number of hydrogen-bond acceptors (Lipinski definition) is 5. The average molecular weight is 255 g/mol. The number of nitrogen functional groups attached to an aromatic ring is 1. The molecule has 1 aliphatic carbocycles. The Bertz CT molecular complexity index is 342. The predicted molar refractivity (Wildman–Crippen MR) is 70.8 cm³/mol. The van der Waals surface area contributed by atoms with Gasteiger partial charge in [0.2, 0.25) is 0 Å². The minimum Gasteiger partial charge on any atom is -0.372 e. The van der Waals surface area contributed by atoms with Gasteiger partial charge >= 0.3 is 0 Å². The Morgan fingerprint density at radius 3 is 3.06 bits per heavy atom. The van der Waals surface area contributed by atoms with E-state index in [1.54, 1.807) is 11.3 Å². The van der Waals surface area contributed by atoms with Crippen molar-refractivity contribution < 1.29 is 4.74 Å². The van der Waals surface area contributed by atoms with Crippen LogP contribution in [-0.4, -0.2) is 11.1 Å². The van der Waals surface area contributed by atoms with Gasteiger partial charge in [-0.15, -0.1) is 0 Å². The molecule has 1 aromatic heterocycles. The van der Waals surface area contributed by atoms with E-state index < -0.39 is 0 Å². The lowest BCUT2D eigenvalue weighted by Crippen LogP contribution is -2.26. The first-order chi connectivity index (χ1) is 8.33. The summed E-state index contributed by atoms with van der Waals surface area (Å²) in [7, 11) is 0. The van der Waals surface area contributed by atoms with Crippen LogP contribution < -0.4 is 11.3 Å². The van der Waals surface area contributed by atoms with E-state index in [0.717, 1.165) is 15.9 Å². The van der Waals surface area contributed by atoms with Gasteiger partial charge < -0.3 is 4.74 Å². The quantitative estimate of drug-likeness (QED) is 0.627. The maximum absolute atomic E-state index is 6.03. The molecule has 0 radical (unpaired) electrons. The van der Waals surface area contributed by atoms with E-state index in [-0.39, 0.29) is 0 Å². The third-order valence-corrected chi connectivity index (χ3v) is 4.38. The Morgan fingerprint density at radius 2 is 2.35 bits per heavy atom. The summed E-state index contributed by atoms with van der Waals surface area (Å²) in [6.45, 7) is 2.93. The van der Waals surface area contributed by atoms with Crippen LogP contribution in [0.25, 0.3) is 0 Å². The fourth-order valence-corrected chi connectivity index (χ4v) is 3.14. The highest BCUT2D eigenvalue weighted by molar-refractivity contribution is 7.15. The number of hydrogen-bond donors (Lipinski definition) is 2. The van der Waals surface area contributed by atoms with Crippen LogP contribution in [0.3, 0.4) is 0 Å². The number of nitrogens with zero attached hydrogens (tertiary/aromatic N) is 1. The van der Waals surface area contributed by atoms with Crippen LogP contribution in [0.2, 0.25) is 0 Å². The summed E-state index contributed by atoms with van der Waals surface area (Å²) < 4.78 is 6.03. The van der Waals surface area contributed by atoms with Gasteiger partial charge in [-0.3, -0.25) is 5.43 Å². The van der Waals surface area contributed by atoms with Gasteiger partial charge in [0, 0.05) is 6.20 Å². The molecule has 4 nitrogen and oxygen atoms in total. The molecule has 0 spiro atoms. The van der Waals surface area contributed by atoms with Gasteiger partial charge in [-0.05, 0) is 18.8 Å². The normalized spacial score (nSPS) is 24.8. The molecule has 3 N–H and O–H groups in total. The van der Waals surface area contributed by atoms with E-state index in [1.807, 2.05) is 6.20 Å². The van der Waals surface area contributed by atoms with E-state index in [9.17, 15) is 0 Å². The molecule has 1 heterocycles. The third-order valence-electron chi connectivity index (χ3n) is 3.48. The van der Waals surface area contributed by atoms with E-state index in [4.69, 9.17) is 10.6 Å². The minimum absolute atomic E-state index is 0.435. The fourth-order valence-electron chi connectivity index (χ4n) is 2.49. The largest absolute Gasteiger partial charge is 0.372 e.